The summed E-state index contributed by atoms with van der Waals surface area (Å²) in [7, 11) is 0. The van der Waals surface area contributed by atoms with E-state index in [1.807, 2.05) is 24.3 Å². The third-order valence-electron chi connectivity index (χ3n) is 1.92. The summed E-state index contributed by atoms with van der Waals surface area (Å²) in [6, 6.07) is 7.44. The Balaban J connectivity index is 1.93. The number of aliphatic hydroxyl groups is 1. The molecule has 0 aromatic heterocycles. The van der Waals surface area contributed by atoms with Gasteiger partial charge in [-0.3, -0.25) is 0 Å². The summed E-state index contributed by atoms with van der Waals surface area (Å²) in [6.45, 7) is 1.46. The molecule has 2 rings (SSSR count). The molecule has 1 heterocycles. The van der Waals surface area contributed by atoms with Crippen LogP contribution in [0.1, 0.15) is 5.56 Å². The predicted octanol–water partition coefficient (Wildman–Crippen LogP) is 0.956. The summed E-state index contributed by atoms with van der Waals surface area (Å²) < 4.78 is 10.4. The maximum Gasteiger partial charge on any atom is 0.119 e. The number of epoxide rings is 1. The van der Waals surface area contributed by atoms with Crippen molar-refractivity contribution in [3.63, 3.8) is 0 Å². The molecule has 1 aromatic carbocycles. The highest BCUT2D eigenvalue weighted by atomic mass is 16.6. The molecule has 3 nitrogen and oxygen atoms in total. The molecule has 1 saturated heterocycles. The van der Waals surface area contributed by atoms with Gasteiger partial charge in [0, 0.05) is 0 Å². The van der Waals surface area contributed by atoms with Crippen LogP contribution in [0, 0.1) is 0 Å². The summed E-state index contributed by atoms with van der Waals surface area (Å²) >= 11 is 0. The summed E-state index contributed by atoms with van der Waals surface area (Å²) in [5.74, 6) is 0.794. The van der Waals surface area contributed by atoms with E-state index in [2.05, 4.69) is 0 Å². The minimum absolute atomic E-state index is 0.0527. The van der Waals surface area contributed by atoms with Gasteiger partial charge in [0.2, 0.25) is 0 Å². The van der Waals surface area contributed by atoms with E-state index >= 15 is 0 Å². The lowest BCUT2D eigenvalue weighted by Gasteiger charge is -2.04. The highest BCUT2D eigenvalue weighted by Crippen LogP contribution is 2.16. The molecular weight excluding hydrogens is 168 g/mol. The zero-order valence-corrected chi connectivity index (χ0v) is 7.27. The number of rotatable bonds is 4. The Morgan fingerprint density at radius 1 is 1.54 bits per heavy atom. The first kappa shape index (κ1) is 8.53. The SMILES string of the molecule is OCc1cccc(OCC2CO2)c1. The van der Waals surface area contributed by atoms with Crippen molar-refractivity contribution in [2.24, 2.45) is 0 Å². The summed E-state index contributed by atoms with van der Waals surface area (Å²) in [5.41, 5.74) is 0.870. The van der Waals surface area contributed by atoms with Crippen LogP contribution in [0.15, 0.2) is 24.3 Å². The number of hydrogen-bond acceptors (Lipinski definition) is 3. The van der Waals surface area contributed by atoms with Crippen molar-refractivity contribution in [3.05, 3.63) is 29.8 Å². The third-order valence-corrected chi connectivity index (χ3v) is 1.92. The van der Waals surface area contributed by atoms with Crippen molar-refractivity contribution in [1.29, 1.82) is 0 Å². The zero-order chi connectivity index (χ0) is 9.10. The topological polar surface area (TPSA) is 42.0 Å². The van der Waals surface area contributed by atoms with E-state index in [0.717, 1.165) is 17.9 Å². The molecule has 1 aromatic rings. The number of ether oxygens (including phenoxy) is 2. The van der Waals surface area contributed by atoms with Crippen molar-refractivity contribution >= 4 is 0 Å². The van der Waals surface area contributed by atoms with E-state index in [4.69, 9.17) is 14.6 Å². The van der Waals surface area contributed by atoms with Gasteiger partial charge in [0.05, 0.1) is 13.2 Å². The third kappa shape index (κ3) is 2.44. The van der Waals surface area contributed by atoms with E-state index in [1.54, 1.807) is 0 Å². The molecule has 1 N–H and O–H groups in total. The minimum atomic E-state index is 0.0527. The van der Waals surface area contributed by atoms with Gasteiger partial charge < -0.3 is 14.6 Å². The van der Waals surface area contributed by atoms with Crippen molar-refractivity contribution in [2.75, 3.05) is 13.2 Å². The van der Waals surface area contributed by atoms with E-state index in [-0.39, 0.29) is 12.7 Å². The Labute approximate surface area is 76.9 Å². The van der Waals surface area contributed by atoms with Gasteiger partial charge in [0.1, 0.15) is 18.5 Å². The largest absolute Gasteiger partial charge is 0.491 e. The van der Waals surface area contributed by atoms with Crippen LogP contribution in [0.5, 0.6) is 5.75 Å². The van der Waals surface area contributed by atoms with Gasteiger partial charge in [0.15, 0.2) is 0 Å². The van der Waals surface area contributed by atoms with Crippen LogP contribution in [-0.4, -0.2) is 24.4 Å². The van der Waals surface area contributed by atoms with Crippen molar-refractivity contribution < 1.29 is 14.6 Å². The molecule has 0 spiro atoms. The molecule has 0 aliphatic carbocycles. The summed E-state index contributed by atoms with van der Waals surface area (Å²) in [6.07, 6.45) is 0.276. The molecule has 1 aliphatic heterocycles. The zero-order valence-electron chi connectivity index (χ0n) is 7.27. The van der Waals surface area contributed by atoms with Crippen LogP contribution < -0.4 is 4.74 Å². The molecule has 1 fully saturated rings. The lowest BCUT2D eigenvalue weighted by molar-refractivity contribution is 0.260. The van der Waals surface area contributed by atoms with Crippen molar-refractivity contribution in [3.8, 4) is 5.75 Å². The van der Waals surface area contributed by atoms with Gasteiger partial charge >= 0.3 is 0 Å². The van der Waals surface area contributed by atoms with E-state index in [9.17, 15) is 0 Å². The Hall–Kier alpha value is -1.06. The minimum Gasteiger partial charge on any atom is -0.491 e. The second-order valence-corrected chi connectivity index (χ2v) is 3.07. The Bertz CT molecular complexity index is 281. The fourth-order valence-electron chi connectivity index (χ4n) is 1.09. The van der Waals surface area contributed by atoms with Crippen molar-refractivity contribution in [1.82, 2.24) is 0 Å². The number of hydrogen-bond donors (Lipinski definition) is 1. The van der Waals surface area contributed by atoms with Crippen LogP contribution in [0.4, 0.5) is 0 Å². The fraction of sp³-hybridized carbons (Fsp3) is 0.400. The monoisotopic (exact) mass is 180 g/mol. The van der Waals surface area contributed by atoms with Gasteiger partial charge in [0.25, 0.3) is 0 Å². The summed E-state index contributed by atoms with van der Waals surface area (Å²) in [5, 5.41) is 8.87. The molecule has 0 saturated carbocycles. The second kappa shape index (κ2) is 3.77. The molecule has 1 unspecified atom stereocenters. The normalized spacial score (nSPS) is 19.9. The average Bonchev–Trinajstić information content (AvgIpc) is 2.99. The van der Waals surface area contributed by atoms with Gasteiger partial charge in [-0.2, -0.15) is 0 Å². The molecule has 3 heteroatoms. The average molecular weight is 180 g/mol. The Kier molecular flexibility index (Phi) is 2.47. The smallest absolute Gasteiger partial charge is 0.119 e. The maximum absolute atomic E-state index is 8.87. The second-order valence-electron chi connectivity index (χ2n) is 3.07. The van der Waals surface area contributed by atoms with Gasteiger partial charge in [-0.25, -0.2) is 0 Å². The number of benzene rings is 1. The molecule has 70 valence electrons. The molecule has 1 atom stereocenters. The molecule has 0 radical (unpaired) electrons. The van der Waals surface area contributed by atoms with Crippen molar-refractivity contribution in [2.45, 2.75) is 12.7 Å². The quantitative estimate of drug-likeness (QED) is 0.701. The van der Waals surface area contributed by atoms with E-state index in [0.29, 0.717) is 6.61 Å². The fourth-order valence-corrected chi connectivity index (χ4v) is 1.09. The molecule has 1 aliphatic rings. The lowest BCUT2D eigenvalue weighted by Crippen LogP contribution is -2.04. The Morgan fingerprint density at radius 3 is 3.08 bits per heavy atom. The number of aliphatic hydroxyl groups excluding tert-OH is 1. The van der Waals surface area contributed by atoms with Gasteiger partial charge in [-0.05, 0) is 17.7 Å². The highest BCUT2D eigenvalue weighted by Gasteiger charge is 2.22. The molecule has 0 bridgehead atoms. The van der Waals surface area contributed by atoms with Crippen LogP contribution in [0.25, 0.3) is 0 Å². The predicted molar refractivity (Wildman–Crippen MR) is 47.6 cm³/mol. The highest BCUT2D eigenvalue weighted by molar-refractivity contribution is 5.28. The van der Waals surface area contributed by atoms with Crippen LogP contribution >= 0.6 is 0 Å². The maximum atomic E-state index is 8.87. The Morgan fingerprint density at radius 2 is 2.38 bits per heavy atom. The van der Waals surface area contributed by atoms with Crippen LogP contribution in [0.3, 0.4) is 0 Å². The molecular formula is C10H12O3. The first-order valence-electron chi connectivity index (χ1n) is 4.32. The van der Waals surface area contributed by atoms with E-state index < -0.39 is 0 Å². The van der Waals surface area contributed by atoms with Gasteiger partial charge in [-0.1, -0.05) is 12.1 Å². The van der Waals surface area contributed by atoms with Crippen LogP contribution in [-0.2, 0) is 11.3 Å². The molecule has 0 amide bonds. The summed E-state index contributed by atoms with van der Waals surface area (Å²) in [4.78, 5) is 0. The van der Waals surface area contributed by atoms with E-state index in [1.165, 1.54) is 0 Å². The molecule has 13 heavy (non-hydrogen) atoms. The standard InChI is InChI=1S/C10H12O3/c11-5-8-2-1-3-9(4-8)12-6-10-7-13-10/h1-4,10-11H,5-7H2. The lowest BCUT2D eigenvalue weighted by atomic mass is 10.2. The van der Waals surface area contributed by atoms with Gasteiger partial charge in [-0.15, -0.1) is 0 Å². The van der Waals surface area contributed by atoms with Crippen LogP contribution in [0.2, 0.25) is 0 Å². The first-order valence-corrected chi connectivity index (χ1v) is 4.32. The first-order chi connectivity index (χ1) is 6.38.